The van der Waals surface area contributed by atoms with Crippen LogP contribution in [0.4, 0.5) is 4.39 Å². The molecule has 6 heteroatoms. The number of pyridine rings is 1. The number of nitrogens with zero attached hydrogens (tertiary/aromatic N) is 2. The summed E-state index contributed by atoms with van der Waals surface area (Å²) < 4.78 is 24.8. The zero-order valence-electron chi connectivity index (χ0n) is 11.3. The van der Waals surface area contributed by atoms with E-state index in [2.05, 4.69) is 4.98 Å². The van der Waals surface area contributed by atoms with Crippen molar-refractivity contribution in [1.29, 1.82) is 0 Å². The number of carbonyl (C=O) groups excluding carboxylic acids is 1. The minimum absolute atomic E-state index is 0.288. The maximum absolute atomic E-state index is 13.1. The molecular formula is C14H15FN2O3. The highest BCUT2D eigenvalue weighted by atomic mass is 19.1. The smallest absolute Gasteiger partial charge is 0.355 e. The summed E-state index contributed by atoms with van der Waals surface area (Å²) in [6, 6.07) is 4.60. The molecule has 0 N–H and O–H groups in total. The molecule has 0 radical (unpaired) electrons. The van der Waals surface area contributed by atoms with Crippen LogP contribution in [0.25, 0.3) is 0 Å². The molecule has 20 heavy (non-hydrogen) atoms. The van der Waals surface area contributed by atoms with Gasteiger partial charge in [-0.15, -0.1) is 0 Å². The first kappa shape index (κ1) is 14.0. The van der Waals surface area contributed by atoms with Crippen LogP contribution in [0.3, 0.4) is 0 Å². The molecule has 2 aromatic rings. The first-order valence-electron chi connectivity index (χ1n) is 6.15. The van der Waals surface area contributed by atoms with Crippen molar-refractivity contribution in [3.63, 3.8) is 0 Å². The van der Waals surface area contributed by atoms with Crippen molar-refractivity contribution in [2.45, 2.75) is 13.5 Å². The molecular weight excluding hydrogens is 263 g/mol. The predicted octanol–water partition coefficient (Wildman–Crippen LogP) is 2.26. The van der Waals surface area contributed by atoms with E-state index >= 15 is 0 Å². The van der Waals surface area contributed by atoms with E-state index in [1.54, 1.807) is 29.8 Å². The first-order valence-corrected chi connectivity index (χ1v) is 6.15. The second kappa shape index (κ2) is 6.18. The van der Waals surface area contributed by atoms with E-state index < -0.39 is 11.9 Å². The molecule has 0 bridgehead atoms. The van der Waals surface area contributed by atoms with Crippen molar-refractivity contribution in [3.05, 3.63) is 47.8 Å². The molecule has 0 atom stereocenters. The minimum Gasteiger partial charge on any atom is -0.495 e. The topological polar surface area (TPSA) is 53.4 Å². The number of rotatable bonds is 5. The first-order chi connectivity index (χ1) is 9.63. The van der Waals surface area contributed by atoms with Gasteiger partial charge < -0.3 is 14.0 Å². The van der Waals surface area contributed by atoms with E-state index in [4.69, 9.17) is 9.47 Å². The van der Waals surface area contributed by atoms with Gasteiger partial charge in [-0.3, -0.25) is 0 Å². The number of ether oxygens (including phenoxy) is 2. The third-order valence-electron chi connectivity index (χ3n) is 2.74. The van der Waals surface area contributed by atoms with Gasteiger partial charge in [0.15, 0.2) is 0 Å². The van der Waals surface area contributed by atoms with Crippen LogP contribution < -0.4 is 4.74 Å². The molecule has 0 aliphatic heterocycles. The largest absolute Gasteiger partial charge is 0.495 e. The number of hydrogen-bond acceptors (Lipinski definition) is 4. The summed E-state index contributed by atoms with van der Waals surface area (Å²) in [4.78, 5) is 15.4. The molecule has 0 spiro atoms. The Labute approximate surface area is 116 Å². The summed E-state index contributed by atoms with van der Waals surface area (Å²) in [5, 5.41) is 0. The average Bonchev–Trinajstić information content (AvgIpc) is 2.82. The van der Waals surface area contributed by atoms with E-state index in [9.17, 15) is 9.18 Å². The number of aromatic nitrogens is 2. The van der Waals surface area contributed by atoms with Crippen molar-refractivity contribution >= 4 is 5.97 Å². The fraction of sp³-hybridized carbons (Fsp3) is 0.286. The third-order valence-corrected chi connectivity index (χ3v) is 2.74. The number of esters is 1. The molecule has 0 aromatic carbocycles. The Balaban J connectivity index is 2.30. The van der Waals surface area contributed by atoms with E-state index in [0.29, 0.717) is 23.6 Å². The van der Waals surface area contributed by atoms with Crippen LogP contribution >= 0.6 is 0 Å². The quantitative estimate of drug-likeness (QED) is 0.622. The Morgan fingerprint density at radius 2 is 2.25 bits per heavy atom. The molecule has 106 valence electrons. The highest BCUT2D eigenvalue weighted by molar-refractivity contribution is 5.88. The molecule has 0 unspecified atom stereocenters. The maximum atomic E-state index is 13.1. The molecule has 5 nitrogen and oxygen atoms in total. The molecule has 0 amide bonds. The van der Waals surface area contributed by atoms with E-state index in [1.165, 1.54) is 19.4 Å². The van der Waals surface area contributed by atoms with Gasteiger partial charge in [0.05, 0.1) is 13.7 Å². The molecule has 0 aliphatic carbocycles. The van der Waals surface area contributed by atoms with Crippen molar-refractivity contribution in [3.8, 4) is 5.75 Å². The second-order valence-corrected chi connectivity index (χ2v) is 4.10. The Bertz CT molecular complexity index is 610. The van der Waals surface area contributed by atoms with Crippen LogP contribution in [0.1, 0.15) is 23.0 Å². The lowest BCUT2D eigenvalue weighted by Crippen LogP contribution is -2.12. The monoisotopic (exact) mass is 278 g/mol. The van der Waals surface area contributed by atoms with Gasteiger partial charge in [0, 0.05) is 25.0 Å². The Hall–Kier alpha value is -2.37. The molecule has 0 saturated heterocycles. The molecule has 0 saturated carbocycles. The minimum atomic E-state index is -0.556. The van der Waals surface area contributed by atoms with Gasteiger partial charge in [-0.25, -0.2) is 9.78 Å². The second-order valence-electron chi connectivity index (χ2n) is 4.10. The summed E-state index contributed by atoms with van der Waals surface area (Å²) in [6.07, 6.45) is 3.06. The Morgan fingerprint density at radius 1 is 1.45 bits per heavy atom. The van der Waals surface area contributed by atoms with E-state index in [-0.39, 0.29) is 6.61 Å². The lowest BCUT2D eigenvalue weighted by molar-refractivity contribution is 0.0514. The predicted molar refractivity (Wildman–Crippen MR) is 70.2 cm³/mol. The van der Waals surface area contributed by atoms with Crippen LogP contribution in [0.2, 0.25) is 0 Å². The molecule has 0 aliphatic rings. The van der Waals surface area contributed by atoms with E-state index in [1.807, 2.05) is 0 Å². The van der Waals surface area contributed by atoms with E-state index in [0.717, 1.165) is 0 Å². The number of hydrogen-bond donors (Lipinski definition) is 0. The fourth-order valence-electron chi connectivity index (χ4n) is 1.84. The highest BCUT2D eigenvalue weighted by Crippen LogP contribution is 2.18. The SMILES string of the molecule is CCOC(=O)c1cc(OC)cn1Cc1ccnc(F)c1. The van der Waals surface area contributed by atoms with Crippen LogP contribution in [0, 0.1) is 5.95 Å². The zero-order valence-corrected chi connectivity index (χ0v) is 11.3. The van der Waals surface area contributed by atoms with Crippen LogP contribution in [0.15, 0.2) is 30.6 Å². The summed E-state index contributed by atoms with van der Waals surface area (Å²) in [7, 11) is 1.51. The summed E-state index contributed by atoms with van der Waals surface area (Å²) in [5.41, 5.74) is 1.06. The zero-order chi connectivity index (χ0) is 14.5. The van der Waals surface area contributed by atoms with Crippen molar-refractivity contribution in [2.24, 2.45) is 0 Å². The summed E-state index contributed by atoms with van der Waals surface area (Å²) in [6.45, 7) is 2.35. The summed E-state index contributed by atoms with van der Waals surface area (Å²) >= 11 is 0. The van der Waals surface area contributed by atoms with Crippen LogP contribution in [-0.2, 0) is 11.3 Å². The van der Waals surface area contributed by atoms with Gasteiger partial charge in [-0.1, -0.05) is 0 Å². The maximum Gasteiger partial charge on any atom is 0.355 e. The number of carbonyl (C=O) groups is 1. The highest BCUT2D eigenvalue weighted by Gasteiger charge is 2.15. The molecule has 0 fully saturated rings. The van der Waals surface area contributed by atoms with Gasteiger partial charge >= 0.3 is 5.97 Å². The normalized spacial score (nSPS) is 10.3. The van der Waals surface area contributed by atoms with Gasteiger partial charge in [0.2, 0.25) is 5.95 Å². The lowest BCUT2D eigenvalue weighted by atomic mass is 10.2. The van der Waals surface area contributed by atoms with Gasteiger partial charge in [-0.05, 0) is 24.6 Å². The molecule has 2 rings (SSSR count). The fourth-order valence-corrected chi connectivity index (χ4v) is 1.84. The van der Waals surface area contributed by atoms with Gasteiger partial charge in [0.1, 0.15) is 11.4 Å². The third kappa shape index (κ3) is 3.14. The van der Waals surface area contributed by atoms with Crippen molar-refractivity contribution in [2.75, 3.05) is 13.7 Å². The van der Waals surface area contributed by atoms with Crippen LogP contribution in [-0.4, -0.2) is 29.2 Å². The number of methoxy groups -OCH3 is 1. The van der Waals surface area contributed by atoms with Crippen molar-refractivity contribution < 1.29 is 18.7 Å². The molecule has 2 heterocycles. The molecule has 2 aromatic heterocycles. The standard InChI is InChI=1S/C14H15FN2O3/c1-3-20-14(18)12-7-11(19-2)9-17(12)8-10-4-5-16-13(15)6-10/h4-7,9H,3,8H2,1-2H3. The lowest BCUT2D eigenvalue weighted by Gasteiger charge is -2.08. The van der Waals surface area contributed by atoms with Gasteiger partial charge in [-0.2, -0.15) is 4.39 Å². The average molecular weight is 278 g/mol. The number of halogens is 1. The Kier molecular flexibility index (Phi) is 4.34. The van der Waals surface area contributed by atoms with Crippen molar-refractivity contribution in [1.82, 2.24) is 9.55 Å². The summed E-state index contributed by atoms with van der Waals surface area (Å²) in [5.74, 6) is -0.452. The Morgan fingerprint density at radius 3 is 2.90 bits per heavy atom. The van der Waals surface area contributed by atoms with Gasteiger partial charge in [0.25, 0.3) is 0 Å². The van der Waals surface area contributed by atoms with Crippen LogP contribution in [0.5, 0.6) is 5.75 Å².